The molecule has 6 heteroatoms. The number of hydrogen-bond acceptors (Lipinski definition) is 4. The molecule has 3 heterocycles. The number of halogens is 1. The minimum absolute atomic E-state index is 0.0406. The van der Waals surface area contributed by atoms with E-state index >= 15 is 0 Å². The zero-order chi connectivity index (χ0) is 21.7. The Hall–Kier alpha value is -1.82. The lowest BCUT2D eigenvalue weighted by Crippen LogP contribution is -2.48. The Kier molecular flexibility index (Phi) is 5.73. The number of methoxy groups -OCH3 is 1. The molecule has 0 saturated heterocycles. The van der Waals surface area contributed by atoms with E-state index in [1.807, 2.05) is 17.9 Å². The number of nitrogens with zero attached hydrogens (tertiary/aromatic N) is 3. The average molecular weight is 474 g/mol. The molecule has 0 saturated carbocycles. The molecule has 1 aliphatic carbocycles. The number of aryl methyl sites for hydroxylation is 1. The summed E-state index contributed by atoms with van der Waals surface area (Å²) in [5.41, 5.74) is 3.91. The molecule has 0 aromatic carbocycles. The lowest BCUT2D eigenvalue weighted by atomic mass is 9.83. The van der Waals surface area contributed by atoms with E-state index in [9.17, 15) is 4.79 Å². The Morgan fingerprint density at radius 1 is 1.23 bits per heavy atom. The summed E-state index contributed by atoms with van der Waals surface area (Å²) in [5, 5.41) is 0. The van der Waals surface area contributed by atoms with Crippen molar-refractivity contribution in [1.29, 1.82) is 0 Å². The normalized spacial score (nSPS) is 31.2. The third-order valence-corrected chi connectivity index (χ3v) is 7.96. The van der Waals surface area contributed by atoms with Crippen molar-refractivity contribution in [1.82, 2.24) is 9.88 Å². The van der Waals surface area contributed by atoms with Gasteiger partial charge in [0.2, 0.25) is 5.88 Å². The van der Waals surface area contributed by atoms with E-state index in [0.717, 1.165) is 29.7 Å². The van der Waals surface area contributed by atoms with Crippen molar-refractivity contribution >= 4 is 27.5 Å². The number of aromatic nitrogens is 1. The van der Waals surface area contributed by atoms with Crippen molar-refractivity contribution in [3.63, 3.8) is 0 Å². The zero-order valence-electron chi connectivity index (χ0n) is 18.7. The molecule has 162 valence electrons. The Labute approximate surface area is 188 Å². The van der Waals surface area contributed by atoms with E-state index in [4.69, 9.17) is 4.74 Å². The summed E-state index contributed by atoms with van der Waals surface area (Å²) >= 11 is 3.89. The van der Waals surface area contributed by atoms with Crippen LogP contribution in [0.5, 0.6) is 5.88 Å². The van der Waals surface area contributed by atoms with Crippen LogP contribution in [0.2, 0.25) is 0 Å². The molecule has 1 amide bonds. The van der Waals surface area contributed by atoms with Gasteiger partial charge in [-0.3, -0.25) is 9.69 Å². The van der Waals surface area contributed by atoms with Crippen molar-refractivity contribution in [2.24, 2.45) is 17.8 Å². The van der Waals surface area contributed by atoms with Gasteiger partial charge in [-0.2, -0.15) is 0 Å². The van der Waals surface area contributed by atoms with Crippen molar-refractivity contribution < 1.29 is 9.53 Å². The van der Waals surface area contributed by atoms with E-state index in [1.165, 1.54) is 5.70 Å². The molecule has 4 rings (SSSR count). The molecule has 30 heavy (non-hydrogen) atoms. The number of anilines is 1. The van der Waals surface area contributed by atoms with Crippen LogP contribution in [0.25, 0.3) is 0 Å². The van der Waals surface area contributed by atoms with Gasteiger partial charge in [-0.1, -0.05) is 41.9 Å². The summed E-state index contributed by atoms with van der Waals surface area (Å²) < 4.78 is 5.59. The first-order chi connectivity index (χ1) is 14.3. The molecule has 4 unspecified atom stereocenters. The van der Waals surface area contributed by atoms with Gasteiger partial charge in [0.1, 0.15) is 5.69 Å². The number of hydrogen-bond donors (Lipinski definition) is 0. The molecular weight excluding hydrogens is 442 g/mol. The molecule has 0 fully saturated rings. The van der Waals surface area contributed by atoms with Crippen LogP contribution in [0, 0.1) is 24.7 Å². The first kappa shape index (κ1) is 21.4. The van der Waals surface area contributed by atoms with Crippen molar-refractivity contribution in [2.45, 2.75) is 64.5 Å². The van der Waals surface area contributed by atoms with Crippen LogP contribution in [-0.2, 0) is 4.79 Å². The molecule has 0 radical (unpaired) electrons. The maximum atomic E-state index is 13.9. The van der Waals surface area contributed by atoms with Crippen LogP contribution in [-0.4, -0.2) is 39.9 Å². The smallest absolute Gasteiger partial charge is 0.257 e. The summed E-state index contributed by atoms with van der Waals surface area (Å²) in [6.07, 6.45) is 8.64. The van der Waals surface area contributed by atoms with Gasteiger partial charge in [0.05, 0.1) is 18.1 Å². The van der Waals surface area contributed by atoms with Gasteiger partial charge in [-0.15, -0.1) is 0 Å². The van der Waals surface area contributed by atoms with Gasteiger partial charge in [0.25, 0.3) is 5.91 Å². The fraction of sp³-hybridized carbons (Fsp3) is 0.583. The summed E-state index contributed by atoms with van der Waals surface area (Å²) in [5.74, 6) is 1.58. The molecule has 0 N–H and O–H groups in total. The van der Waals surface area contributed by atoms with Gasteiger partial charge in [0.15, 0.2) is 0 Å². The lowest BCUT2D eigenvalue weighted by molar-refractivity contribution is -0.115. The second-order valence-electron chi connectivity index (χ2n) is 9.23. The van der Waals surface area contributed by atoms with Gasteiger partial charge >= 0.3 is 0 Å². The first-order valence-electron chi connectivity index (χ1n) is 10.9. The molecule has 2 aliphatic heterocycles. The third-order valence-electron chi connectivity index (χ3n) is 6.72. The summed E-state index contributed by atoms with van der Waals surface area (Å²) in [4.78, 5) is 22.9. The Balaban J connectivity index is 1.89. The second-order valence-corrected chi connectivity index (χ2v) is 10.2. The number of carbonyl (C=O) groups excluding carboxylic acids is 1. The highest BCUT2D eigenvalue weighted by Crippen LogP contribution is 2.51. The number of allylic oxidation sites excluding steroid dienone is 1. The maximum absolute atomic E-state index is 13.9. The fourth-order valence-corrected chi connectivity index (χ4v) is 6.17. The van der Waals surface area contributed by atoms with Gasteiger partial charge in [-0.25, -0.2) is 4.98 Å². The number of rotatable bonds is 4. The largest absolute Gasteiger partial charge is 0.480 e. The molecule has 0 bridgehead atoms. The SMILES string of the molecule is COc1ncc(C)cc1N1C(=O)C2=C(C1C1C=CC(C)CC1)N(C(C)C)C(Br)[C@H]2C. The highest BCUT2D eigenvalue weighted by Gasteiger charge is 2.54. The summed E-state index contributed by atoms with van der Waals surface area (Å²) in [6, 6.07) is 2.29. The number of pyridine rings is 1. The molecular formula is C24H32BrN3O2. The molecule has 5 atom stereocenters. The topological polar surface area (TPSA) is 45.7 Å². The van der Waals surface area contributed by atoms with Crippen LogP contribution in [0.1, 0.15) is 46.1 Å². The molecule has 1 aromatic heterocycles. The van der Waals surface area contributed by atoms with Crippen molar-refractivity contribution in [3.8, 4) is 5.88 Å². The van der Waals surface area contributed by atoms with Crippen LogP contribution in [0.3, 0.4) is 0 Å². The van der Waals surface area contributed by atoms with Gasteiger partial charge in [-0.05, 0) is 51.2 Å². The molecule has 5 nitrogen and oxygen atoms in total. The highest BCUT2D eigenvalue weighted by molar-refractivity contribution is 9.09. The Morgan fingerprint density at radius 3 is 2.57 bits per heavy atom. The maximum Gasteiger partial charge on any atom is 0.257 e. The van der Waals surface area contributed by atoms with Crippen LogP contribution < -0.4 is 9.64 Å². The van der Waals surface area contributed by atoms with Gasteiger partial charge in [0, 0.05) is 35.3 Å². The number of carbonyl (C=O) groups is 1. The number of ether oxygens (including phenoxy) is 1. The van der Waals surface area contributed by atoms with E-state index in [0.29, 0.717) is 17.8 Å². The van der Waals surface area contributed by atoms with Crippen molar-refractivity contribution in [3.05, 3.63) is 41.2 Å². The number of amides is 1. The minimum Gasteiger partial charge on any atom is -0.480 e. The van der Waals surface area contributed by atoms with Crippen LogP contribution >= 0.6 is 15.9 Å². The zero-order valence-corrected chi connectivity index (χ0v) is 20.3. The number of alkyl halides is 1. The average Bonchev–Trinajstić information content (AvgIpc) is 3.14. The van der Waals surface area contributed by atoms with E-state index < -0.39 is 0 Å². The van der Waals surface area contributed by atoms with Crippen molar-refractivity contribution in [2.75, 3.05) is 12.0 Å². The standard InChI is InChI=1S/C24H32BrN3O2/c1-13(2)27-21-19(16(5)22(27)25)24(29)28(18-11-15(4)12-26-23(18)30-6)20(21)17-9-7-14(3)8-10-17/h7,9,11-14,16-17,20,22H,8,10H2,1-6H3/t14?,16-,17?,20?,22?/m0/s1. The molecule has 1 aromatic rings. The Bertz CT molecular complexity index is 910. The predicted molar refractivity (Wildman–Crippen MR) is 124 cm³/mol. The monoisotopic (exact) mass is 473 g/mol. The quantitative estimate of drug-likeness (QED) is 0.348. The lowest BCUT2D eigenvalue weighted by Gasteiger charge is -2.41. The summed E-state index contributed by atoms with van der Waals surface area (Å²) in [7, 11) is 1.62. The summed E-state index contributed by atoms with van der Waals surface area (Å²) in [6.45, 7) is 10.8. The Morgan fingerprint density at radius 2 is 1.97 bits per heavy atom. The van der Waals surface area contributed by atoms with Crippen LogP contribution in [0.15, 0.2) is 35.7 Å². The van der Waals surface area contributed by atoms with E-state index in [-0.39, 0.29) is 28.7 Å². The predicted octanol–water partition coefficient (Wildman–Crippen LogP) is 5.05. The first-order valence-corrected chi connectivity index (χ1v) is 11.9. The van der Waals surface area contributed by atoms with E-state index in [1.54, 1.807) is 13.3 Å². The molecule has 0 spiro atoms. The molecule has 3 aliphatic rings. The minimum atomic E-state index is -0.0406. The van der Waals surface area contributed by atoms with Gasteiger partial charge < -0.3 is 9.64 Å². The second kappa shape index (κ2) is 8.03. The van der Waals surface area contributed by atoms with Crippen LogP contribution in [0.4, 0.5) is 5.69 Å². The highest BCUT2D eigenvalue weighted by atomic mass is 79.9. The fourth-order valence-electron chi connectivity index (χ4n) is 5.21. The van der Waals surface area contributed by atoms with E-state index in [2.05, 4.69) is 65.7 Å². The third kappa shape index (κ3) is 3.28.